The van der Waals surface area contributed by atoms with E-state index in [1.165, 1.54) is 0 Å². The summed E-state index contributed by atoms with van der Waals surface area (Å²) in [6.07, 6.45) is 1.53. The van der Waals surface area contributed by atoms with Crippen LogP contribution in [0.25, 0.3) is 0 Å². The third-order valence-corrected chi connectivity index (χ3v) is 4.07. The molecule has 5 atom stereocenters. The Morgan fingerprint density at radius 3 is 2.92 bits per heavy atom. The predicted molar refractivity (Wildman–Crippen MR) is 40.2 cm³/mol. The van der Waals surface area contributed by atoms with Gasteiger partial charge in [-0.25, -0.2) is 0 Å². The fraction of sp³-hybridized carbons (Fsp3) is 0.889. The number of hydrogen-bond acceptors (Lipinski definition) is 3. The maximum absolute atomic E-state index is 11.4. The van der Waals surface area contributed by atoms with E-state index in [0.29, 0.717) is 11.8 Å². The van der Waals surface area contributed by atoms with Crippen LogP contribution in [0.15, 0.2) is 0 Å². The van der Waals surface area contributed by atoms with Crippen molar-refractivity contribution in [1.82, 2.24) is 0 Å². The second kappa shape index (κ2) is 1.69. The molecule has 2 bridgehead atoms. The van der Waals surface area contributed by atoms with Gasteiger partial charge in [-0.15, -0.1) is 0 Å². The van der Waals surface area contributed by atoms with Crippen LogP contribution in [0.5, 0.6) is 0 Å². The van der Waals surface area contributed by atoms with Crippen LogP contribution in [0.2, 0.25) is 0 Å². The second-order valence-electron chi connectivity index (χ2n) is 4.51. The van der Waals surface area contributed by atoms with Gasteiger partial charge in [0.1, 0.15) is 6.10 Å². The van der Waals surface area contributed by atoms with Crippen molar-refractivity contribution >= 4 is 5.97 Å². The fourth-order valence-corrected chi connectivity index (χ4v) is 3.30. The predicted octanol–water partition coefficient (Wildman–Crippen LogP) is 0.319. The van der Waals surface area contributed by atoms with Gasteiger partial charge in [0.25, 0.3) is 0 Å². The zero-order valence-corrected chi connectivity index (χ0v) is 6.99. The molecule has 0 aromatic rings. The quantitative estimate of drug-likeness (QED) is 0.530. The van der Waals surface area contributed by atoms with Crippen molar-refractivity contribution in [3.8, 4) is 0 Å². The van der Waals surface area contributed by atoms with Crippen LogP contribution in [0.3, 0.4) is 0 Å². The topological polar surface area (TPSA) is 46.5 Å². The summed E-state index contributed by atoms with van der Waals surface area (Å²) in [5, 5.41) is 9.83. The van der Waals surface area contributed by atoms with Gasteiger partial charge in [0, 0.05) is 5.92 Å². The minimum absolute atomic E-state index is 0.121. The highest BCUT2D eigenvalue weighted by atomic mass is 16.6. The zero-order valence-electron chi connectivity index (χ0n) is 6.99. The highest BCUT2D eigenvalue weighted by Crippen LogP contribution is 2.61. The number of fused-ring (bicyclic) bond motifs is 1. The van der Waals surface area contributed by atoms with Crippen molar-refractivity contribution in [2.45, 2.75) is 32.0 Å². The molecule has 2 aliphatic carbocycles. The lowest BCUT2D eigenvalue weighted by molar-refractivity contribution is -0.150. The number of carbonyl (C=O) groups excluding carboxylic acids is 1. The van der Waals surface area contributed by atoms with Gasteiger partial charge in [-0.05, 0) is 25.7 Å². The first-order valence-corrected chi connectivity index (χ1v) is 4.53. The van der Waals surface area contributed by atoms with Gasteiger partial charge in [0.05, 0.1) is 11.5 Å². The maximum Gasteiger partial charge on any atom is 0.315 e. The van der Waals surface area contributed by atoms with Gasteiger partial charge in [-0.2, -0.15) is 0 Å². The highest BCUT2D eigenvalue weighted by Gasteiger charge is 2.69. The highest BCUT2D eigenvalue weighted by molar-refractivity contribution is 5.81. The van der Waals surface area contributed by atoms with Gasteiger partial charge in [-0.1, -0.05) is 0 Å². The molecule has 1 aliphatic heterocycles. The Hall–Kier alpha value is -0.570. The molecule has 0 aromatic carbocycles. The number of hydrogen-bond donors (Lipinski definition) is 1. The average Bonchev–Trinajstić information content (AvgIpc) is 2.56. The molecule has 0 aromatic heterocycles. The standard InChI is InChI=1S/C9H12O3/c1-9-5-2-4(7(9)10)3-6(5)12-8(9)11/h4-7,10H,2-3H2,1H3. The minimum Gasteiger partial charge on any atom is -0.462 e. The third-order valence-electron chi connectivity index (χ3n) is 4.07. The zero-order chi connectivity index (χ0) is 8.51. The Balaban J connectivity index is 2.14. The summed E-state index contributed by atoms with van der Waals surface area (Å²) in [7, 11) is 0. The van der Waals surface area contributed by atoms with Crippen LogP contribution >= 0.6 is 0 Å². The van der Waals surface area contributed by atoms with Crippen molar-refractivity contribution in [3.63, 3.8) is 0 Å². The Labute approximate surface area is 70.7 Å². The lowest BCUT2D eigenvalue weighted by Crippen LogP contribution is -2.41. The number of rotatable bonds is 0. The Bertz CT molecular complexity index is 262. The summed E-state index contributed by atoms with van der Waals surface area (Å²) in [5.74, 6) is 0.437. The fourth-order valence-electron chi connectivity index (χ4n) is 3.30. The summed E-state index contributed by atoms with van der Waals surface area (Å²) >= 11 is 0. The molecule has 1 saturated heterocycles. The van der Waals surface area contributed by atoms with Crippen molar-refractivity contribution in [1.29, 1.82) is 0 Å². The van der Waals surface area contributed by atoms with Crippen molar-refractivity contribution in [2.24, 2.45) is 17.3 Å². The van der Waals surface area contributed by atoms with E-state index in [-0.39, 0.29) is 12.1 Å². The number of aliphatic hydroxyl groups is 1. The first-order chi connectivity index (χ1) is 5.64. The smallest absolute Gasteiger partial charge is 0.315 e. The van der Waals surface area contributed by atoms with Gasteiger partial charge < -0.3 is 9.84 Å². The Kier molecular flexibility index (Phi) is 0.971. The number of aliphatic hydroxyl groups excluding tert-OH is 1. The van der Waals surface area contributed by atoms with Crippen molar-refractivity contribution in [3.05, 3.63) is 0 Å². The molecule has 66 valence electrons. The van der Waals surface area contributed by atoms with E-state index >= 15 is 0 Å². The van der Waals surface area contributed by atoms with Gasteiger partial charge >= 0.3 is 5.97 Å². The van der Waals surface area contributed by atoms with E-state index in [1.54, 1.807) is 0 Å². The number of carbonyl (C=O) groups is 1. The molecular weight excluding hydrogens is 156 g/mol. The Morgan fingerprint density at radius 2 is 2.33 bits per heavy atom. The van der Waals surface area contributed by atoms with E-state index in [2.05, 4.69) is 0 Å². The first-order valence-electron chi connectivity index (χ1n) is 4.53. The summed E-state index contributed by atoms with van der Waals surface area (Å²) in [6.45, 7) is 1.85. The van der Waals surface area contributed by atoms with E-state index in [9.17, 15) is 9.90 Å². The lowest BCUT2D eigenvalue weighted by Gasteiger charge is -2.28. The van der Waals surface area contributed by atoms with Crippen LogP contribution in [0.1, 0.15) is 19.8 Å². The summed E-state index contributed by atoms with van der Waals surface area (Å²) in [4.78, 5) is 11.4. The van der Waals surface area contributed by atoms with Crippen LogP contribution in [0, 0.1) is 17.3 Å². The third kappa shape index (κ3) is 0.478. The van der Waals surface area contributed by atoms with Crippen LogP contribution in [0.4, 0.5) is 0 Å². The van der Waals surface area contributed by atoms with Gasteiger partial charge in [0.2, 0.25) is 0 Å². The normalized spacial score (nSPS) is 61.0. The summed E-state index contributed by atoms with van der Waals surface area (Å²) < 4.78 is 5.21. The molecule has 3 rings (SSSR count). The summed E-state index contributed by atoms with van der Waals surface area (Å²) in [5.41, 5.74) is -0.562. The molecule has 5 unspecified atom stereocenters. The molecule has 3 nitrogen and oxygen atoms in total. The molecule has 3 fully saturated rings. The molecule has 1 N–H and O–H groups in total. The molecule has 0 spiro atoms. The second-order valence-corrected chi connectivity index (χ2v) is 4.51. The molecule has 0 amide bonds. The van der Waals surface area contributed by atoms with E-state index in [1.807, 2.05) is 6.92 Å². The molecule has 3 aliphatic rings. The molecule has 2 saturated carbocycles. The lowest BCUT2D eigenvalue weighted by atomic mass is 9.74. The van der Waals surface area contributed by atoms with Crippen LogP contribution in [-0.4, -0.2) is 23.3 Å². The SMILES string of the molecule is CC12C(=O)OC3CC(CC31)C2O. The van der Waals surface area contributed by atoms with Crippen molar-refractivity contribution in [2.75, 3.05) is 0 Å². The largest absolute Gasteiger partial charge is 0.462 e. The first kappa shape index (κ1) is 6.89. The van der Waals surface area contributed by atoms with E-state index in [4.69, 9.17) is 4.74 Å². The van der Waals surface area contributed by atoms with Gasteiger partial charge in [-0.3, -0.25) is 4.79 Å². The van der Waals surface area contributed by atoms with Crippen molar-refractivity contribution < 1.29 is 14.6 Å². The average molecular weight is 168 g/mol. The number of esters is 1. The molecule has 0 radical (unpaired) electrons. The molecule has 3 heteroatoms. The molecule has 12 heavy (non-hydrogen) atoms. The summed E-state index contributed by atoms with van der Waals surface area (Å²) in [6, 6.07) is 0. The van der Waals surface area contributed by atoms with E-state index < -0.39 is 11.5 Å². The van der Waals surface area contributed by atoms with Crippen LogP contribution < -0.4 is 0 Å². The molecule has 1 heterocycles. The number of ether oxygens (including phenoxy) is 1. The van der Waals surface area contributed by atoms with Gasteiger partial charge in [0.15, 0.2) is 0 Å². The van der Waals surface area contributed by atoms with E-state index in [0.717, 1.165) is 12.8 Å². The van der Waals surface area contributed by atoms with Crippen LogP contribution in [-0.2, 0) is 9.53 Å². The Morgan fingerprint density at radius 1 is 1.58 bits per heavy atom. The maximum atomic E-state index is 11.4. The minimum atomic E-state index is -0.562. The molecular formula is C9H12O3. The monoisotopic (exact) mass is 168 g/mol.